The zero-order chi connectivity index (χ0) is 22.1. The summed E-state index contributed by atoms with van der Waals surface area (Å²) in [5, 5.41) is 3.95. The van der Waals surface area contributed by atoms with Crippen molar-refractivity contribution in [2.45, 2.75) is 6.42 Å². The third-order valence-corrected chi connectivity index (χ3v) is 4.32. The summed E-state index contributed by atoms with van der Waals surface area (Å²) in [7, 11) is 3.02. The summed E-state index contributed by atoms with van der Waals surface area (Å²) < 4.78 is 15.8. The van der Waals surface area contributed by atoms with E-state index in [9.17, 15) is 9.59 Å². The first-order valence-corrected chi connectivity index (χ1v) is 9.49. The number of methoxy groups -OCH3 is 2. The normalized spacial score (nSPS) is 10.5. The van der Waals surface area contributed by atoms with Crippen LogP contribution in [0, 0.1) is 0 Å². The number of nitrogens with one attached hydrogen (secondary N) is 1. The van der Waals surface area contributed by atoms with Gasteiger partial charge in [-0.25, -0.2) is 10.2 Å². The number of ether oxygens (including phenoxy) is 3. The van der Waals surface area contributed by atoms with Crippen LogP contribution in [-0.4, -0.2) is 32.3 Å². The van der Waals surface area contributed by atoms with Gasteiger partial charge in [0.2, 0.25) is 5.91 Å². The summed E-state index contributed by atoms with van der Waals surface area (Å²) in [5.74, 6) is 0.625. The van der Waals surface area contributed by atoms with Crippen LogP contribution in [0.5, 0.6) is 17.2 Å². The average Bonchev–Trinajstić information content (AvgIpc) is 2.80. The molecule has 3 aromatic carbocycles. The quantitative estimate of drug-likeness (QED) is 0.261. The van der Waals surface area contributed by atoms with Crippen molar-refractivity contribution in [3.63, 3.8) is 0 Å². The molecule has 0 aliphatic heterocycles. The van der Waals surface area contributed by atoms with Crippen LogP contribution in [0.3, 0.4) is 0 Å². The Labute approximate surface area is 180 Å². The Kier molecular flexibility index (Phi) is 7.37. The highest BCUT2D eigenvalue weighted by Crippen LogP contribution is 2.28. The van der Waals surface area contributed by atoms with E-state index in [4.69, 9.17) is 14.2 Å². The molecular weight excluding hydrogens is 396 g/mol. The van der Waals surface area contributed by atoms with E-state index in [-0.39, 0.29) is 12.3 Å². The fourth-order valence-electron chi connectivity index (χ4n) is 2.75. The van der Waals surface area contributed by atoms with Gasteiger partial charge in [-0.3, -0.25) is 4.79 Å². The van der Waals surface area contributed by atoms with Crippen molar-refractivity contribution in [2.75, 3.05) is 14.2 Å². The maximum absolute atomic E-state index is 12.4. The van der Waals surface area contributed by atoms with Crippen LogP contribution in [-0.2, 0) is 11.2 Å². The number of nitrogens with zero attached hydrogens (tertiary/aromatic N) is 1. The van der Waals surface area contributed by atoms with Crippen molar-refractivity contribution in [2.24, 2.45) is 5.10 Å². The van der Waals surface area contributed by atoms with Crippen LogP contribution < -0.4 is 19.6 Å². The molecule has 0 aromatic heterocycles. The molecule has 0 atom stereocenters. The van der Waals surface area contributed by atoms with Gasteiger partial charge in [0.15, 0.2) is 11.5 Å². The van der Waals surface area contributed by atoms with Crippen LogP contribution in [0.15, 0.2) is 77.9 Å². The molecule has 0 radical (unpaired) electrons. The molecule has 3 aromatic rings. The van der Waals surface area contributed by atoms with Crippen LogP contribution in [0.1, 0.15) is 21.5 Å². The third kappa shape index (κ3) is 6.17. The highest BCUT2D eigenvalue weighted by Gasteiger charge is 2.13. The number of esters is 1. The van der Waals surface area contributed by atoms with Crippen molar-refractivity contribution in [3.8, 4) is 17.2 Å². The monoisotopic (exact) mass is 418 g/mol. The molecule has 1 N–H and O–H groups in total. The van der Waals surface area contributed by atoms with E-state index in [2.05, 4.69) is 10.5 Å². The molecule has 31 heavy (non-hydrogen) atoms. The van der Waals surface area contributed by atoms with Gasteiger partial charge in [-0.2, -0.15) is 5.10 Å². The van der Waals surface area contributed by atoms with Gasteiger partial charge in [0, 0.05) is 0 Å². The van der Waals surface area contributed by atoms with E-state index in [0.29, 0.717) is 22.8 Å². The molecule has 0 aliphatic rings. The molecule has 158 valence electrons. The van der Waals surface area contributed by atoms with E-state index < -0.39 is 5.97 Å². The van der Waals surface area contributed by atoms with Crippen LogP contribution in [0.25, 0.3) is 0 Å². The number of carbonyl (C=O) groups excluding carboxylic acids is 2. The minimum Gasteiger partial charge on any atom is -0.493 e. The van der Waals surface area contributed by atoms with Gasteiger partial charge in [-0.15, -0.1) is 0 Å². The molecule has 0 bridgehead atoms. The summed E-state index contributed by atoms with van der Waals surface area (Å²) in [6.45, 7) is 0. The van der Waals surface area contributed by atoms with Crippen LogP contribution in [0.4, 0.5) is 0 Å². The van der Waals surface area contributed by atoms with E-state index in [1.807, 2.05) is 30.3 Å². The van der Waals surface area contributed by atoms with Crippen LogP contribution in [0.2, 0.25) is 0 Å². The molecule has 0 heterocycles. The number of hydrogen-bond acceptors (Lipinski definition) is 6. The Hall–Kier alpha value is -4.13. The highest BCUT2D eigenvalue weighted by atomic mass is 16.5. The molecule has 0 saturated carbocycles. The second kappa shape index (κ2) is 10.6. The van der Waals surface area contributed by atoms with Gasteiger partial charge in [0.25, 0.3) is 0 Å². The highest BCUT2D eigenvalue weighted by molar-refractivity contribution is 5.92. The Balaban J connectivity index is 1.54. The summed E-state index contributed by atoms with van der Waals surface area (Å²) in [6, 6.07) is 21.0. The molecule has 7 heteroatoms. The molecule has 0 aliphatic carbocycles. The SMILES string of the molecule is COc1ccc(C(=O)Oc2ccc(C=NNC(=O)Cc3ccccc3)cc2)cc1OC. The number of hydrazone groups is 1. The lowest BCUT2D eigenvalue weighted by molar-refractivity contribution is -0.120. The van der Waals surface area contributed by atoms with E-state index >= 15 is 0 Å². The molecule has 0 spiro atoms. The second-order valence-corrected chi connectivity index (χ2v) is 6.48. The maximum Gasteiger partial charge on any atom is 0.343 e. The molecule has 0 fully saturated rings. The summed E-state index contributed by atoms with van der Waals surface area (Å²) in [4.78, 5) is 24.3. The third-order valence-electron chi connectivity index (χ3n) is 4.32. The van der Waals surface area contributed by atoms with E-state index in [1.54, 1.807) is 42.5 Å². The van der Waals surface area contributed by atoms with Gasteiger partial charge in [0.1, 0.15) is 5.75 Å². The Morgan fingerprint density at radius 2 is 1.61 bits per heavy atom. The summed E-state index contributed by atoms with van der Waals surface area (Å²) in [5.41, 5.74) is 4.48. The van der Waals surface area contributed by atoms with Gasteiger partial charge >= 0.3 is 5.97 Å². The van der Waals surface area contributed by atoms with Gasteiger partial charge < -0.3 is 14.2 Å². The first-order chi connectivity index (χ1) is 15.1. The predicted molar refractivity (Wildman–Crippen MR) is 117 cm³/mol. The smallest absolute Gasteiger partial charge is 0.343 e. The second-order valence-electron chi connectivity index (χ2n) is 6.48. The number of amides is 1. The number of rotatable bonds is 8. The van der Waals surface area contributed by atoms with Crippen molar-refractivity contribution < 1.29 is 23.8 Å². The number of carbonyl (C=O) groups is 2. The first-order valence-electron chi connectivity index (χ1n) is 9.49. The standard InChI is InChI=1S/C24H22N2O5/c1-29-21-13-10-19(15-22(21)30-2)24(28)31-20-11-8-18(9-12-20)16-25-26-23(27)14-17-6-4-3-5-7-17/h3-13,15-16H,14H2,1-2H3,(H,26,27). The zero-order valence-corrected chi connectivity index (χ0v) is 17.2. The van der Waals surface area contributed by atoms with Crippen molar-refractivity contribution in [1.82, 2.24) is 5.43 Å². The van der Waals surface area contributed by atoms with Gasteiger partial charge in [0.05, 0.1) is 32.4 Å². The zero-order valence-electron chi connectivity index (χ0n) is 17.2. The Morgan fingerprint density at radius 3 is 2.29 bits per heavy atom. The average molecular weight is 418 g/mol. The minimum absolute atomic E-state index is 0.206. The molecule has 7 nitrogen and oxygen atoms in total. The molecule has 0 unspecified atom stereocenters. The summed E-state index contributed by atoms with van der Waals surface area (Å²) in [6.07, 6.45) is 1.77. The van der Waals surface area contributed by atoms with Gasteiger partial charge in [-0.05, 0) is 53.6 Å². The lowest BCUT2D eigenvalue weighted by Crippen LogP contribution is -2.19. The first kappa shape index (κ1) is 21.6. The van der Waals surface area contributed by atoms with Crippen molar-refractivity contribution >= 4 is 18.1 Å². The maximum atomic E-state index is 12.4. The molecule has 1 amide bonds. The Morgan fingerprint density at radius 1 is 0.903 bits per heavy atom. The Bertz CT molecular complexity index is 1060. The lowest BCUT2D eigenvalue weighted by Gasteiger charge is -2.09. The number of benzene rings is 3. The molecule has 3 rings (SSSR count). The van der Waals surface area contributed by atoms with Crippen molar-refractivity contribution in [1.29, 1.82) is 0 Å². The largest absolute Gasteiger partial charge is 0.493 e. The fraction of sp³-hybridized carbons (Fsp3) is 0.125. The molecular formula is C24H22N2O5. The van der Waals surface area contributed by atoms with Crippen molar-refractivity contribution in [3.05, 3.63) is 89.5 Å². The van der Waals surface area contributed by atoms with E-state index in [1.165, 1.54) is 20.4 Å². The molecule has 0 saturated heterocycles. The van der Waals surface area contributed by atoms with E-state index in [0.717, 1.165) is 11.1 Å². The fourth-order valence-corrected chi connectivity index (χ4v) is 2.75. The predicted octanol–water partition coefficient (Wildman–Crippen LogP) is 3.62. The lowest BCUT2D eigenvalue weighted by atomic mass is 10.1. The minimum atomic E-state index is -0.518. The summed E-state index contributed by atoms with van der Waals surface area (Å²) >= 11 is 0. The topological polar surface area (TPSA) is 86.2 Å². The van der Waals surface area contributed by atoms with Crippen LogP contribution >= 0.6 is 0 Å². The van der Waals surface area contributed by atoms with Gasteiger partial charge in [-0.1, -0.05) is 30.3 Å². The number of hydrogen-bond donors (Lipinski definition) is 1.